The number of nitrogens with two attached hydrogens (primary N) is 1. The van der Waals surface area contributed by atoms with Crippen LogP contribution in [-0.4, -0.2) is 48.8 Å². The zero-order valence-corrected chi connectivity index (χ0v) is 11.5. The number of ether oxygens (including phenoxy) is 1. The molecular formula is C12H27N3O2. The predicted octanol–water partition coefficient (Wildman–Crippen LogP) is 1.51. The Balaban J connectivity index is 4.21. The van der Waals surface area contributed by atoms with Gasteiger partial charge in [0, 0.05) is 39.3 Å². The lowest BCUT2D eigenvalue weighted by Gasteiger charge is -2.30. The van der Waals surface area contributed by atoms with Crippen LogP contribution in [0, 0.1) is 5.92 Å². The summed E-state index contributed by atoms with van der Waals surface area (Å²) in [7, 11) is 1.72. The maximum atomic E-state index is 8.53. The Kier molecular flexibility index (Phi) is 8.80. The van der Waals surface area contributed by atoms with E-state index in [0.717, 1.165) is 26.1 Å². The molecule has 1 atom stereocenters. The summed E-state index contributed by atoms with van der Waals surface area (Å²) in [5, 5.41) is 11.5. The second-order valence-corrected chi connectivity index (χ2v) is 4.86. The topological polar surface area (TPSA) is 71.1 Å². The van der Waals surface area contributed by atoms with Crippen molar-refractivity contribution < 1.29 is 9.94 Å². The molecule has 0 aliphatic heterocycles. The van der Waals surface area contributed by atoms with Crippen molar-refractivity contribution in [1.82, 2.24) is 4.90 Å². The molecule has 0 spiro atoms. The minimum atomic E-state index is 0.290. The summed E-state index contributed by atoms with van der Waals surface area (Å²) in [6.07, 6.45) is 1.60. The fraction of sp³-hybridized carbons (Fsp3) is 0.917. The fourth-order valence-corrected chi connectivity index (χ4v) is 1.74. The number of amidine groups is 1. The molecular weight excluding hydrogens is 218 g/mol. The van der Waals surface area contributed by atoms with Crippen LogP contribution in [0.4, 0.5) is 0 Å². The lowest BCUT2D eigenvalue weighted by Crippen LogP contribution is -2.38. The van der Waals surface area contributed by atoms with Crippen molar-refractivity contribution in [3.8, 4) is 0 Å². The first-order chi connectivity index (χ1) is 8.01. The van der Waals surface area contributed by atoms with E-state index in [9.17, 15) is 0 Å². The third-order valence-corrected chi connectivity index (χ3v) is 2.75. The quantitative estimate of drug-likeness (QED) is 0.279. The van der Waals surface area contributed by atoms with Crippen LogP contribution in [-0.2, 0) is 4.74 Å². The van der Waals surface area contributed by atoms with Crippen LogP contribution < -0.4 is 5.73 Å². The van der Waals surface area contributed by atoms with Gasteiger partial charge in [0.25, 0.3) is 0 Å². The normalized spacial score (nSPS) is 14.6. The van der Waals surface area contributed by atoms with E-state index in [-0.39, 0.29) is 5.84 Å². The highest BCUT2D eigenvalue weighted by molar-refractivity contribution is 5.79. The van der Waals surface area contributed by atoms with Gasteiger partial charge in [0.15, 0.2) is 0 Å². The Morgan fingerprint density at radius 1 is 1.41 bits per heavy atom. The molecule has 0 radical (unpaired) electrons. The number of hydrogen-bond acceptors (Lipinski definition) is 4. The smallest absolute Gasteiger partial charge is 0.140 e. The largest absolute Gasteiger partial charge is 0.409 e. The minimum absolute atomic E-state index is 0.290. The van der Waals surface area contributed by atoms with E-state index in [4.69, 9.17) is 15.7 Å². The van der Waals surface area contributed by atoms with E-state index in [1.54, 1.807) is 7.11 Å². The SMILES string of the molecule is COCCC(C)N(CCC(N)=NO)CC(C)C. The van der Waals surface area contributed by atoms with Gasteiger partial charge in [-0.3, -0.25) is 4.90 Å². The summed E-state index contributed by atoms with van der Waals surface area (Å²) in [6, 6.07) is 0.448. The summed E-state index contributed by atoms with van der Waals surface area (Å²) in [6.45, 7) is 9.18. The van der Waals surface area contributed by atoms with E-state index < -0.39 is 0 Å². The number of hydrogen-bond donors (Lipinski definition) is 2. The average Bonchev–Trinajstić information content (AvgIpc) is 2.30. The summed E-state index contributed by atoms with van der Waals surface area (Å²) in [4.78, 5) is 2.36. The molecule has 0 heterocycles. The van der Waals surface area contributed by atoms with Gasteiger partial charge >= 0.3 is 0 Å². The molecule has 17 heavy (non-hydrogen) atoms. The first-order valence-corrected chi connectivity index (χ1v) is 6.20. The lowest BCUT2D eigenvalue weighted by atomic mass is 10.1. The van der Waals surface area contributed by atoms with Crippen molar-refractivity contribution in [3.63, 3.8) is 0 Å². The van der Waals surface area contributed by atoms with Crippen LogP contribution >= 0.6 is 0 Å². The molecule has 5 nitrogen and oxygen atoms in total. The lowest BCUT2D eigenvalue weighted by molar-refractivity contribution is 0.131. The van der Waals surface area contributed by atoms with Gasteiger partial charge in [-0.05, 0) is 19.3 Å². The highest BCUT2D eigenvalue weighted by atomic mass is 16.5. The number of rotatable bonds is 9. The van der Waals surface area contributed by atoms with Crippen molar-refractivity contribution in [2.75, 3.05) is 26.8 Å². The summed E-state index contributed by atoms with van der Waals surface area (Å²) in [5.41, 5.74) is 5.50. The van der Waals surface area contributed by atoms with Crippen molar-refractivity contribution in [2.24, 2.45) is 16.8 Å². The first kappa shape index (κ1) is 16.2. The highest BCUT2D eigenvalue weighted by Crippen LogP contribution is 2.08. The summed E-state index contributed by atoms with van der Waals surface area (Å²) < 4.78 is 5.10. The third-order valence-electron chi connectivity index (χ3n) is 2.75. The Morgan fingerprint density at radius 3 is 2.53 bits per heavy atom. The molecule has 0 aromatic heterocycles. The Hall–Kier alpha value is -0.810. The fourth-order valence-electron chi connectivity index (χ4n) is 1.74. The molecule has 5 heteroatoms. The molecule has 0 aromatic rings. The van der Waals surface area contributed by atoms with Crippen molar-refractivity contribution >= 4 is 5.84 Å². The molecule has 0 aliphatic carbocycles. The van der Waals surface area contributed by atoms with Crippen LogP contribution in [0.1, 0.15) is 33.6 Å². The maximum absolute atomic E-state index is 8.53. The highest BCUT2D eigenvalue weighted by Gasteiger charge is 2.15. The molecule has 0 aromatic carbocycles. The zero-order valence-electron chi connectivity index (χ0n) is 11.5. The average molecular weight is 245 g/mol. The molecule has 0 saturated carbocycles. The van der Waals surface area contributed by atoms with Crippen molar-refractivity contribution in [1.29, 1.82) is 0 Å². The second kappa shape index (κ2) is 9.24. The molecule has 3 N–H and O–H groups in total. The van der Waals surface area contributed by atoms with Crippen molar-refractivity contribution in [2.45, 2.75) is 39.7 Å². The van der Waals surface area contributed by atoms with Gasteiger partial charge in [-0.1, -0.05) is 19.0 Å². The summed E-state index contributed by atoms with van der Waals surface area (Å²) >= 11 is 0. The standard InChI is InChI=1S/C12H27N3O2/c1-10(2)9-15(7-5-12(13)14-16)11(3)6-8-17-4/h10-11,16H,5-9H2,1-4H3,(H2,13,14). The number of oxime groups is 1. The maximum Gasteiger partial charge on any atom is 0.140 e. The van der Waals surface area contributed by atoms with Crippen LogP contribution in [0.25, 0.3) is 0 Å². The van der Waals surface area contributed by atoms with Gasteiger partial charge < -0.3 is 15.7 Å². The molecule has 0 bridgehead atoms. The van der Waals surface area contributed by atoms with Gasteiger partial charge in [-0.15, -0.1) is 0 Å². The predicted molar refractivity (Wildman–Crippen MR) is 70.4 cm³/mol. The molecule has 1 unspecified atom stereocenters. The first-order valence-electron chi connectivity index (χ1n) is 6.20. The molecule has 102 valence electrons. The molecule has 0 amide bonds. The van der Waals surface area contributed by atoms with Gasteiger partial charge in [-0.2, -0.15) is 0 Å². The Bertz CT molecular complexity index is 220. The van der Waals surface area contributed by atoms with Crippen LogP contribution in [0.5, 0.6) is 0 Å². The van der Waals surface area contributed by atoms with E-state index in [1.165, 1.54) is 0 Å². The molecule has 0 rings (SSSR count). The minimum Gasteiger partial charge on any atom is -0.409 e. The van der Waals surface area contributed by atoms with E-state index >= 15 is 0 Å². The van der Waals surface area contributed by atoms with Crippen LogP contribution in [0.3, 0.4) is 0 Å². The monoisotopic (exact) mass is 245 g/mol. The molecule has 0 fully saturated rings. The Labute approximate surface area is 105 Å². The number of methoxy groups -OCH3 is 1. The van der Waals surface area contributed by atoms with Crippen molar-refractivity contribution in [3.05, 3.63) is 0 Å². The van der Waals surface area contributed by atoms with Gasteiger partial charge in [0.2, 0.25) is 0 Å². The third kappa shape index (κ3) is 7.99. The van der Waals surface area contributed by atoms with E-state index in [1.807, 2.05) is 0 Å². The van der Waals surface area contributed by atoms with Crippen LogP contribution in [0.2, 0.25) is 0 Å². The second-order valence-electron chi connectivity index (χ2n) is 4.86. The number of nitrogens with zero attached hydrogens (tertiary/aromatic N) is 2. The van der Waals surface area contributed by atoms with Gasteiger partial charge in [-0.25, -0.2) is 0 Å². The van der Waals surface area contributed by atoms with E-state index in [0.29, 0.717) is 18.4 Å². The van der Waals surface area contributed by atoms with Gasteiger partial charge in [0.05, 0.1) is 0 Å². The van der Waals surface area contributed by atoms with E-state index in [2.05, 4.69) is 30.8 Å². The van der Waals surface area contributed by atoms with Gasteiger partial charge in [0.1, 0.15) is 5.84 Å². The molecule has 0 saturated heterocycles. The molecule has 0 aliphatic rings. The van der Waals surface area contributed by atoms with Crippen LogP contribution in [0.15, 0.2) is 5.16 Å². The zero-order chi connectivity index (χ0) is 13.3. The Morgan fingerprint density at radius 2 is 2.06 bits per heavy atom. The summed E-state index contributed by atoms with van der Waals surface area (Å²) in [5.74, 6) is 0.894.